The third-order valence-corrected chi connectivity index (χ3v) is 0.166. The third-order valence-electron chi connectivity index (χ3n) is 0.166. The van der Waals surface area contributed by atoms with Crippen molar-refractivity contribution in [2.75, 3.05) is 0 Å². The van der Waals surface area contributed by atoms with Gasteiger partial charge in [-0.3, -0.25) is 4.84 Å². The normalized spacial score (nSPS) is 5.86. The Kier molecular flexibility index (Phi) is 8.01. The van der Waals surface area contributed by atoms with Crippen LogP contribution >= 0.6 is 0 Å². The van der Waals surface area contributed by atoms with Crippen LogP contribution in [0.2, 0.25) is 0 Å². The van der Waals surface area contributed by atoms with E-state index in [1.165, 1.54) is 0 Å². The number of nitrogens with zero attached hydrogens (tertiary/aromatic N) is 1. The second-order valence-corrected chi connectivity index (χ2v) is 0.657. The first-order valence-electron chi connectivity index (χ1n) is 1.27. The largest absolute Gasteiger partial charge is 0.335 e. The van der Waals surface area contributed by atoms with E-state index in [2.05, 4.69) is 4.84 Å². The van der Waals surface area contributed by atoms with Crippen molar-refractivity contribution < 1.29 is 29.1 Å². The molecule has 0 aromatic heterocycles. The molecule has 0 saturated heterocycles. The monoisotopic (exact) mass is 191 g/mol. The number of carbonyl (C=O) groups is 1. The molecule has 0 N–H and O–H groups in total. The van der Waals surface area contributed by atoms with E-state index in [4.69, 9.17) is 4.91 Å². The Bertz CT molecular complexity index is 73.3. The Morgan fingerprint density at radius 1 is 1.71 bits per heavy atom. The zero-order valence-electron chi connectivity index (χ0n) is 3.53. The molecule has 0 aromatic carbocycles. The van der Waals surface area contributed by atoms with E-state index in [0.29, 0.717) is 0 Å². The van der Waals surface area contributed by atoms with E-state index in [-0.39, 0.29) is 19.5 Å². The molecule has 0 heterocycles. The predicted molar refractivity (Wildman–Crippen MR) is 17.6 cm³/mol. The molecule has 0 aliphatic carbocycles. The van der Waals surface area contributed by atoms with Gasteiger partial charge in [-0.1, -0.05) is 0 Å². The van der Waals surface area contributed by atoms with Gasteiger partial charge >= 0.3 is 5.97 Å². The van der Waals surface area contributed by atoms with Crippen LogP contribution in [0.15, 0.2) is 5.34 Å². The van der Waals surface area contributed by atoms with Crippen molar-refractivity contribution in [3.8, 4) is 0 Å². The molecule has 5 heteroatoms. The standard InChI is InChI=1S/C2H3NO3.Ru/c1-2(4)6-3-5;/h1H3;. The van der Waals surface area contributed by atoms with Crippen molar-refractivity contribution >= 4 is 5.97 Å². The number of carbonyl (C=O) groups excluding carboxylic acids is 1. The van der Waals surface area contributed by atoms with Gasteiger partial charge in [0.15, 0.2) is 5.34 Å². The second-order valence-electron chi connectivity index (χ2n) is 0.657. The van der Waals surface area contributed by atoms with E-state index in [0.717, 1.165) is 6.92 Å². The van der Waals surface area contributed by atoms with Crippen LogP contribution in [0.5, 0.6) is 0 Å². The van der Waals surface area contributed by atoms with Gasteiger partial charge in [0.2, 0.25) is 0 Å². The summed E-state index contributed by atoms with van der Waals surface area (Å²) in [5.74, 6) is -0.690. The van der Waals surface area contributed by atoms with Crippen molar-refractivity contribution in [1.29, 1.82) is 0 Å². The minimum atomic E-state index is -0.690. The van der Waals surface area contributed by atoms with Crippen molar-refractivity contribution in [1.82, 2.24) is 0 Å². The molecule has 0 aliphatic rings. The summed E-state index contributed by atoms with van der Waals surface area (Å²) in [5, 5.41) is 1.84. The quantitative estimate of drug-likeness (QED) is 0.338. The molecular formula is C2H3NO3Ru. The molecule has 0 rings (SSSR count). The smallest absolute Gasteiger partial charge is 0.285 e. The van der Waals surface area contributed by atoms with Gasteiger partial charge < -0.3 is 0 Å². The molecule has 42 valence electrons. The minimum absolute atomic E-state index is 0. The summed E-state index contributed by atoms with van der Waals surface area (Å²) in [4.78, 5) is 21.9. The van der Waals surface area contributed by atoms with Crippen molar-refractivity contribution in [2.45, 2.75) is 6.92 Å². The van der Waals surface area contributed by atoms with Crippen LogP contribution in [0.1, 0.15) is 6.92 Å². The molecule has 0 aromatic rings. The predicted octanol–water partition coefficient (Wildman–Crippen LogP) is 0.228. The molecule has 7 heavy (non-hydrogen) atoms. The van der Waals surface area contributed by atoms with Crippen LogP contribution in [0.3, 0.4) is 0 Å². The summed E-state index contributed by atoms with van der Waals surface area (Å²) >= 11 is 0. The van der Waals surface area contributed by atoms with Gasteiger partial charge in [-0.05, 0) is 0 Å². The maximum Gasteiger partial charge on any atom is 0.335 e. The van der Waals surface area contributed by atoms with E-state index in [1.54, 1.807) is 0 Å². The fourth-order valence-electron chi connectivity index (χ4n) is 0.0525. The molecule has 0 spiro atoms. The molecule has 0 atom stereocenters. The zero-order valence-corrected chi connectivity index (χ0v) is 5.26. The molecule has 0 saturated carbocycles. The maximum atomic E-state index is 9.53. The number of rotatable bonds is 1. The van der Waals surface area contributed by atoms with Crippen molar-refractivity contribution in [3.05, 3.63) is 4.91 Å². The summed E-state index contributed by atoms with van der Waals surface area (Å²) in [6, 6.07) is 0. The Morgan fingerprint density at radius 2 is 2.14 bits per heavy atom. The molecular weight excluding hydrogens is 187 g/mol. The molecule has 0 fully saturated rings. The summed E-state index contributed by atoms with van der Waals surface area (Å²) in [5.41, 5.74) is 0. The van der Waals surface area contributed by atoms with Gasteiger partial charge in [0.1, 0.15) is 0 Å². The fourth-order valence-corrected chi connectivity index (χ4v) is 0.0525. The molecule has 0 bridgehead atoms. The van der Waals surface area contributed by atoms with E-state index in [9.17, 15) is 4.79 Å². The van der Waals surface area contributed by atoms with E-state index < -0.39 is 5.97 Å². The van der Waals surface area contributed by atoms with Gasteiger partial charge in [0, 0.05) is 26.4 Å². The van der Waals surface area contributed by atoms with Crippen molar-refractivity contribution in [3.63, 3.8) is 0 Å². The van der Waals surface area contributed by atoms with Crippen LogP contribution in [-0.4, -0.2) is 5.97 Å². The number of hydrogen-bond donors (Lipinski definition) is 0. The minimum Gasteiger partial charge on any atom is -0.285 e. The Balaban J connectivity index is 0. The molecule has 0 unspecified atom stereocenters. The summed E-state index contributed by atoms with van der Waals surface area (Å²) in [6.07, 6.45) is 0. The van der Waals surface area contributed by atoms with Gasteiger partial charge in [-0.2, -0.15) is 0 Å². The average Bonchev–Trinajstić information content (AvgIpc) is 1.35. The van der Waals surface area contributed by atoms with Crippen LogP contribution < -0.4 is 0 Å². The summed E-state index contributed by atoms with van der Waals surface area (Å²) in [7, 11) is 0. The Morgan fingerprint density at radius 3 is 2.14 bits per heavy atom. The first-order valence-corrected chi connectivity index (χ1v) is 1.27. The fraction of sp³-hybridized carbons (Fsp3) is 0.500. The van der Waals surface area contributed by atoms with Gasteiger partial charge in [-0.25, -0.2) is 4.79 Å². The van der Waals surface area contributed by atoms with E-state index in [1.807, 2.05) is 5.34 Å². The zero-order chi connectivity index (χ0) is 4.99. The van der Waals surface area contributed by atoms with Crippen LogP contribution in [0, 0.1) is 4.91 Å². The first-order chi connectivity index (χ1) is 2.77. The van der Waals surface area contributed by atoms with Gasteiger partial charge in [0.05, 0.1) is 0 Å². The summed E-state index contributed by atoms with van der Waals surface area (Å²) in [6.45, 7) is 1.10. The molecule has 0 aliphatic heterocycles. The molecule has 4 nitrogen and oxygen atoms in total. The van der Waals surface area contributed by atoms with Gasteiger partial charge in [0.25, 0.3) is 0 Å². The Labute approximate surface area is 52.9 Å². The molecule has 0 radical (unpaired) electrons. The Hall–Kier alpha value is -0.307. The molecule has 0 amide bonds. The maximum absolute atomic E-state index is 9.53. The van der Waals surface area contributed by atoms with Gasteiger partial charge in [-0.15, -0.1) is 4.91 Å². The topological polar surface area (TPSA) is 55.7 Å². The van der Waals surface area contributed by atoms with Crippen molar-refractivity contribution in [2.24, 2.45) is 5.34 Å². The van der Waals surface area contributed by atoms with Crippen LogP contribution in [0.4, 0.5) is 0 Å². The number of hydrogen-bond acceptors (Lipinski definition) is 4. The second kappa shape index (κ2) is 5.69. The van der Waals surface area contributed by atoms with E-state index >= 15 is 0 Å². The van der Waals surface area contributed by atoms with Crippen LogP contribution in [0.25, 0.3) is 0 Å². The SMILES string of the molecule is CC(=O)ON=O.[Ru]. The van der Waals surface area contributed by atoms with Crippen LogP contribution in [-0.2, 0) is 29.1 Å². The average molecular weight is 190 g/mol. The first kappa shape index (κ1) is 9.85. The third kappa shape index (κ3) is 10.7. The summed E-state index contributed by atoms with van der Waals surface area (Å²) < 4.78 is 0.